The summed E-state index contributed by atoms with van der Waals surface area (Å²) >= 11 is -0.556. The Morgan fingerprint density at radius 1 is 0.293 bits per heavy atom. The van der Waals surface area contributed by atoms with Gasteiger partial charge in [-0.05, 0) is 209 Å². The molecule has 0 unspecified atom stereocenters. The molecule has 0 saturated heterocycles. The van der Waals surface area contributed by atoms with Gasteiger partial charge in [-0.15, -0.1) is 0 Å². The fourth-order valence-corrected chi connectivity index (χ4v) is 13.9. The van der Waals surface area contributed by atoms with E-state index in [1.54, 1.807) is 0 Å². The van der Waals surface area contributed by atoms with E-state index < -0.39 is 17.0 Å². The van der Waals surface area contributed by atoms with Crippen LogP contribution in [0.15, 0.2) is 48.5 Å². The van der Waals surface area contributed by atoms with E-state index >= 15 is 0 Å². The van der Waals surface area contributed by atoms with Gasteiger partial charge in [-0.1, -0.05) is 111 Å². The third-order valence-corrected chi connectivity index (χ3v) is 19.6. The molecule has 75 heavy (non-hydrogen) atoms. The van der Waals surface area contributed by atoms with Crippen LogP contribution in [0.1, 0.15) is 207 Å². The predicted octanol–water partition coefficient (Wildman–Crippen LogP) is 16.9. The molecule has 0 amide bonds. The Hall–Kier alpha value is -4.47. The Labute approximate surface area is 460 Å². The zero-order chi connectivity index (χ0) is 53.5. The van der Waals surface area contributed by atoms with Gasteiger partial charge in [0.25, 0.3) is 0 Å². The Morgan fingerprint density at radius 2 is 0.453 bits per heavy atom. The number of fused-ring (bicyclic) bond motifs is 24. The van der Waals surface area contributed by atoms with Gasteiger partial charge in [0.1, 0.15) is 0 Å². The first-order valence-corrected chi connectivity index (χ1v) is 31.7. The van der Waals surface area contributed by atoms with Crippen molar-refractivity contribution in [3.63, 3.8) is 0 Å². The van der Waals surface area contributed by atoms with E-state index in [4.69, 9.17) is 58.5 Å². The number of hydrogen-bond donors (Lipinski definition) is 0. The third kappa shape index (κ3) is 7.97. The van der Waals surface area contributed by atoms with Gasteiger partial charge in [0.2, 0.25) is 0 Å². The van der Waals surface area contributed by atoms with Crippen LogP contribution in [0.25, 0.3) is 89.7 Å². The molecule has 0 fully saturated rings. The monoisotopic (exact) mass is 1070 g/mol. The van der Waals surface area contributed by atoms with Crippen LogP contribution in [0.4, 0.5) is 0 Å². The van der Waals surface area contributed by atoms with Crippen LogP contribution in [0.5, 0.6) is 0 Å². The maximum absolute atomic E-state index is 5.60. The first kappa shape index (κ1) is 51.3. The van der Waals surface area contributed by atoms with Crippen molar-refractivity contribution in [3.05, 3.63) is 93.0 Å². The average Bonchev–Trinajstić information content (AvgIpc) is 4.06. The van der Waals surface area contributed by atoms with Gasteiger partial charge in [-0.2, -0.15) is 0 Å². The molecule has 3 aromatic heterocycles. The Balaban J connectivity index is 0.00000185. The minimum atomic E-state index is -0.556. The summed E-state index contributed by atoms with van der Waals surface area (Å²) in [5.41, 5.74) is 17.1. The Morgan fingerprint density at radius 3 is 0.627 bits per heavy atom. The van der Waals surface area contributed by atoms with Gasteiger partial charge in [0.15, 0.2) is 0 Å². The quantitative estimate of drug-likeness (QED) is 0.138. The molecule has 6 aliphatic rings. The summed E-state index contributed by atoms with van der Waals surface area (Å²) in [4.78, 5) is 44.3. The molecule has 0 atom stereocenters. The van der Waals surface area contributed by atoms with Crippen molar-refractivity contribution in [3.8, 4) is 45.6 Å². The molecule has 5 heterocycles. The second-order valence-corrected chi connectivity index (χ2v) is 31.0. The average molecular weight is 1070 g/mol. The van der Waals surface area contributed by atoms with Crippen molar-refractivity contribution in [2.24, 2.45) is 0 Å². The third-order valence-electron chi connectivity index (χ3n) is 19.6. The molecular weight excluding hydrogens is 1000 g/mol. The summed E-state index contributed by atoms with van der Waals surface area (Å²) in [6, 6.07) is 19.1. The fourth-order valence-electron chi connectivity index (χ4n) is 13.9. The number of rotatable bonds is 0. The van der Waals surface area contributed by atoms with Crippen LogP contribution in [0, 0.1) is 0 Å². The van der Waals surface area contributed by atoms with Crippen LogP contribution >= 0.6 is 18.6 Å². The second-order valence-electron chi connectivity index (χ2n) is 28.4. The number of aromatic nitrogens is 8. The molecule has 8 nitrogen and oxygen atoms in total. The van der Waals surface area contributed by atoms with Crippen molar-refractivity contribution >= 4 is 62.7 Å². The zero-order valence-corrected chi connectivity index (χ0v) is 50.2. The molecule has 0 radical (unpaired) electrons. The van der Waals surface area contributed by atoms with Crippen molar-refractivity contribution in [1.29, 1.82) is 0 Å². The van der Waals surface area contributed by atoms with Crippen molar-refractivity contribution in [1.82, 2.24) is 39.9 Å². The SMILES string of the molecule is CC1(C)CCC(C)(C)c2cc3c(cc21)-c1nc-3nc2[n-]c(nc3nc(nc4[n-]c(n1)c1cc5c(cc41)C(C)(C)CCC5(C)C)-c1cc4c(cc1-3)C(C)(C)CCC4(C)C)c1cc3c(cc21)C(C)(C)CCC3(C)C.[Cl][Ti][Cl]. The molecule has 0 N–H and O–H groups in total. The van der Waals surface area contributed by atoms with Gasteiger partial charge in [-0.3, -0.25) is 0 Å². The van der Waals surface area contributed by atoms with Gasteiger partial charge in [-0.25, -0.2) is 9.97 Å². The summed E-state index contributed by atoms with van der Waals surface area (Å²) in [7, 11) is 9.78. The molecule has 2 aliphatic heterocycles. The molecule has 0 saturated carbocycles. The molecule has 4 aliphatic carbocycles. The second kappa shape index (κ2) is 16.5. The summed E-state index contributed by atoms with van der Waals surface area (Å²) in [6.07, 6.45) is 8.82. The van der Waals surface area contributed by atoms with Crippen molar-refractivity contribution in [2.45, 2.75) is 205 Å². The molecule has 8 bridgehead atoms. The van der Waals surface area contributed by atoms with Crippen LogP contribution in [0.2, 0.25) is 0 Å². The van der Waals surface area contributed by atoms with Gasteiger partial charge < -0.3 is 29.9 Å². The summed E-state index contributed by atoms with van der Waals surface area (Å²) in [6.45, 7) is 38.2. The van der Waals surface area contributed by atoms with Gasteiger partial charge in [0.05, 0.1) is 23.3 Å². The zero-order valence-electron chi connectivity index (χ0n) is 47.1. The van der Waals surface area contributed by atoms with Crippen LogP contribution in [0.3, 0.4) is 0 Å². The maximum atomic E-state index is 5.60. The number of hydrogen-bond acceptors (Lipinski definition) is 6. The van der Waals surface area contributed by atoms with Crippen molar-refractivity contribution < 1.29 is 17.0 Å². The summed E-state index contributed by atoms with van der Waals surface area (Å²) in [5, 5.41) is 3.95. The van der Waals surface area contributed by atoms with Crippen LogP contribution in [-0.4, -0.2) is 29.9 Å². The topological polar surface area (TPSA) is 106 Å². The minimum absolute atomic E-state index is 0.0212. The first-order valence-electron chi connectivity index (χ1n) is 27.4. The van der Waals surface area contributed by atoms with E-state index in [1.807, 2.05) is 0 Å². The van der Waals surface area contributed by atoms with E-state index in [-0.39, 0.29) is 43.3 Å². The Bertz CT molecular complexity index is 3330. The predicted molar refractivity (Wildman–Crippen MR) is 307 cm³/mol. The number of nitrogens with zero attached hydrogens (tertiary/aromatic N) is 8. The first-order chi connectivity index (χ1) is 34.9. The van der Waals surface area contributed by atoms with Crippen molar-refractivity contribution in [2.75, 3.05) is 0 Å². The van der Waals surface area contributed by atoms with Crippen LogP contribution < -0.4 is 9.97 Å². The molecular formula is C64H72Cl2N8Ti-2. The number of halogens is 2. The standard InChI is InChI=1S/C64H72N8.2ClH.Ti/c1-57(2)17-18-58(3,4)42-26-34-33(25-41(42)57)49-65-50(34)70-52-37-29-45-46(62(11,12)22-21-61(45,9)10)30-38(37)54(67-52)72-56-40-32-48-47(63(13,14)23-24-64(48,15)16)31-39(40)55(68-56)71-53-36-28-44-43(27-35(36)51(66-53)69-49)59(5,6)19-20-60(44,7)8;;;/h25-32H,17-24H2,1-16H3;2*1H;/q-2;;;+2/p-2. The summed E-state index contributed by atoms with van der Waals surface area (Å²) in [5.74, 6) is 2.49. The van der Waals surface area contributed by atoms with E-state index in [2.05, 4.69) is 159 Å². The molecule has 7 aromatic rings. The normalized spacial score (nSPS) is 21.1. The molecule has 388 valence electrons. The van der Waals surface area contributed by atoms with Gasteiger partial charge >= 0.3 is 35.6 Å². The Kier molecular flexibility index (Phi) is 11.3. The van der Waals surface area contributed by atoms with Gasteiger partial charge in [0, 0.05) is 44.8 Å². The number of benzene rings is 4. The van der Waals surface area contributed by atoms with E-state index in [0.717, 1.165) is 95.2 Å². The van der Waals surface area contributed by atoms with Crippen LogP contribution in [-0.2, 0) is 60.4 Å². The summed E-state index contributed by atoms with van der Waals surface area (Å²) < 4.78 is 0. The molecule has 4 aromatic carbocycles. The fraction of sp³-hybridized carbons (Fsp3) is 0.500. The van der Waals surface area contributed by atoms with E-state index in [9.17, 15) is 0 Å². The van der Waals surface area contributed by atoms with E-state index in [1.165, 1.54) is 44.5 Å². The molecule has 0 spiro atoms. The molecule has 13 rings (SSSR count). The van der Waals surface area contributed by atoms with E-state index in [0.29, 0.717) is 45.9 Å². The molecule has 11 heteroatoms.